The summed E-state index contributed by atoms with van der Waals surface area (Å²) in [6.45, 7) is 8.41. The first-order valence-corrected chi connectivity index (χ1v) is 7.56. The number of nitrogens with zero attached hydrogens (tertiary/aromatic N) is 1. The van der Waals surface area contributed by atoms with E-state index in [2.05, 4.69) is 32.7 Å². The molecule has 0 amide bonds. The predicted octanol–water partition coefficient (Wildman–Crippen LogP) is 1.81. The molecule has 102 valence electrons. The molecule has 17 heavy (non-hydrogen) atoms. The Labute approximate surface area is 110 Å². The fourth-order valence-corrected chi connectivity index (χ4v) is 4.68. The van der Waals surface area contributed by atoms with Crippen LogP contribution < -0.4 is 5.73 Å². The number of methoxy groups -OCH3 is 1. The van der Waals surface area contributed by atoms with E-state index in [9.17, 15) is 0 Å². The monoisotopic (exact) mass is 260 g/mol. The Morgan fingerprint density at radius 2 is 2.12 bits per heavy atom. The molecule has 0 spiro atoms. The van der Waals surface area contributed by atoms with E-state index in [1.807, 2.05) is 11.8 Å². The number of ether oxygens (including phenoxy) is 1. The third-order valence-corrected chi connectivity index (χ3v) is 5.73. The van der Waals surface area contributed by atoms with Crippen molar-refractivity contribution in [2.24, 2.45) is 11.1 Å². The van der Waals surface area contributed by atoms with Crippen molar-refractivity contribution < 1.29 is 4.74 Å². The molecule has 3 nitrogen and oxygen atoms in total. The van der Waals surface area contributed by atoms with Crippen molar-refractivity contribution in [2.45, 2.75) is 38.8 Å². The second-order valence-corrected chi connectivity index (χ2v) is 6.94. The smallest absolute Gasteiger partial charge is 0.0615 e. The van der Waals surface area contributed by atoms with Crippen LogP contribution in [0.1, 0.15) is 27.2 Å². The molecule has 0 aromatic heterocycles. The van der Waals surface area contributed by atoms with Crippen LogP contribution in [0.25, 0.3) is 0 Å². The quantitative estimate of drug-likeness (QED) is 0.818. The molecule has 0 saturated carbocycles. The van der Waals surface area contributed by atoms with Crippen molar-refractivity contribution in [2.75, 3.05) is 38.8 Å². The molecule has 0 bridgehead atoms. The number of rotatable bonds is 5. The van der Waals surface area contributed by atoms with Gasteiger partial charge in [0.25, 0.3) is 0 Å². The molecule has 2 unspecified atom stereocenters. The van der Waals surface area contributed by atoms with Crippen molar-refractivity contribution in [3.63, 3.8) is 0 Å². The van der Waals surface area contributed by atoms with Gasteiger partial charge in [-0.25, -0.2) is 0 Å². The average molecular weight is 260 g/mol. The number of thioether (sulfide) groups is 1. The van der Waals surface area contributed by atoms with E-state index < -0.39 is 0 Å². The van der Waals surface area contributed by atoms with E-state index >= 15 is 0 Å². The first kappa shape index (κ1) is 15.3. The van der Waals surface area contributed by atoms with Gasteiger partial charge in [-0.15, -0.1) is 0 Å². The number of hydrogen-bond acceptors (Lipinski definition) is 4. The van der Waals surface area contributed by atoms with Crippen LogP contribution in [-0.4, -0.2) is 55.3 Å². The van der Waals surface area contributed by atoms with Gasteiger partial charge in [-0.2, -0.15) is 11.8 Å². The van der Waals surface area contributed by atoms with Gasteiger partial charge in [0.15, 0.2) is 0 Å². The Kier molecular flexibility index (Phi) is 5.32. The van der Waals surface area contributed by atoms with E-state index in [-0.39, 0.29) is 11.0 Å². The lowest BCUT2D eigenvalue weighted by Crippen LogP contribution is -2.67. The van der Waals surface area contributed by atoms with E-state index in [1.165, 1.54) is 12.2 Å². The van der Waals surface area contributed by atoms with Crippen LogP contribution in [-0.2, 0) is 4.74 Å². The molecule has 0 aliphatic carbocycles. The molecule has 2 atom stereocenters. The lowest BCUT2D eigenvalue weighted by molar-refractivity contribution is -0.0241. The maximum atomic E-state index is 6.15. The van der Waals surface area contributed by atoms with Crippen molar-refractivity contribution in [3.8, 4) is 0 Å². The number of nitrogens with two attached hydrogens (primary N) is 1. The summed E-state index contributed by atoms with van der Waals surface area (Å²) >= 11 is 2.03. The largest absolute Gasteiger partial charge is 0.383 e. The van der Waals surface area contributed by atoms with E-state index in [4.69, 9.17) is 10.5 Å². The number of likely N-dealkylation sites (N-methyl/N-ethyl adjacent to an activating group) is 1. The molecule has 1 rings (SSSR count). The summed E-state index contributed by atoms with van der Waals surface area (Å²) in [5.41, 5.74) is 6.51. The third-order valence-electron chi connectivity index (χ3n) is 4.55. The van der Waals surface area contributed by atoms with Gasteiger partial charge in [0.1, 0.15) is 0 Å². The first-order valence-electron chi connectivity index (χ1n) is 6.41. The Bertz CT molecular complexity index is 248. The maximum Gasteiger partial charge on any atom is 0.0615 e. The Balaban J connectivity index is 2.92. The zero-order valence-electron chi connectivity index (χ0n) is 12.0. The predicted molar refractivity (Wildman–Crippen MR) is 76.6 cm³/mol. The van der Waals surface area contributed by atoms with Crippen LogP contribution in [0.4, 0.5) is 0 Å². The fraction of sp³-hybridized carbons (Fsp3) is 1.00. The molecule has 1 saturated heterocycles. The summed E-state index contributed by atoms with van der Waals surface area (Å²) in [5, 5.41) is 0. The molecule has 1 aliphatic heterocycles. The topological polar surface area (TPSA) is 38.5 Å². The van der Waals surface area contributed by atoms with Gasteiger partial charge >= 0.3 is 0 Å². The Morgan fingerprint density at radius 3 is 2.59 bits per heavy atom. The van der Waals surface area contributed by atoms with E-state index in [0.29, 0.717) is 6.04 Å². The van der Waals surface area contributed by atoms with Crippen LogP contribution >= 0.6 is 11.8 Å². The van der Waals surface area contributed by atoms with Gasteiger partial charge in [0.05, 0.1) is 6.61 Å². The van der Waals surface area contributed by atoms with Crippen LogP contribution in [0.2, 0.25) is 0 Å². The molecule has 0 aromatic rings. The molecule has 1 heterocycles. The fourth-order valence-electron chi connectivity index (χ4n) is 2.83. The molecule has 4 heteroatoms. The zero-order valence-corrected chi connectivity index (χ0v) is 12.8. The summed E-state index contributed by atoms with van der Waals surface area (Å²) in [5.74, 6) is 2.38. The summed E-state index contributed by atoms with van der Waals surface area (Å²) in [4.78, 5) is 2.45. The average Bonchev–Trinajstić information content (AvgIpc) is 2.28. The summed E-state index contributed by atoms with van der Waals surface area (Å²) in [6, 6.07) is 0.404. The molecule has 1 fully saturated rings. The first-order chi connectivity index (χ1) is 7.91. The van der Waals surface area contributed by atoms with Crippen LogP contribution in [0.3, 0.4) is 0 Å². The Hall–Kier alpha value is 0.230. The summed E-state index contributed by atoms with van der Waals surface area (Å²) in [6.07, 6.45) is 1.24. The second kappa shape index (κ2) is 5.91. The third kappa shape index (κ3) is 2.80. The van der Waals surface area contributed by atoms with E-state index in [1.54, 1.807) is 7.11 Å². The second-order valence-electron chi connectivity index (χ2n) is 5.84. The van der Waals surface area contributed by atoms with Crippen LogP contribution in [0, 0.1) is 5.41 Å². The lowest BCUT2D eigenvalue weighted by Gasteiger charge is -2.56. The normalized spacial score (nSPS) is 30.5. The molecule has 1 aliphatic rings. The van der Waals surface area contributed by atoms with Crippen LogP contribution in [0.5, 0.6) is 0 Å². The molecule has 0 aromatic carbocycles. The van der Waals surface area contributed by atoms with Gasteiger partial charge < -0.3 is 10.5 Å². The Morgan fingerprint density at radius 1 is 1.47 bits per heavy atom. The van der Waals surface area contributed by atoms with Crippen molar-refractivity contribution >= 4 is 11.8 Å². The molecular formula is C13H28N2OS. The van der Waals surface area contributed by atoms with Gasteiger partial charge in [-0.1, -0.05) is 13.8 Å². The maximum absolute atomic E-state index is 6.15. The highest BCUT2D eigenvalue weighted by Gasteiger charge is 2.49. The van der Waals surface area contributed by atoms with E-state index in [0.717, 1.165) is 18.9 Å². The van der Waals surface area contributed by atoms with Crippen molar-refractivity contribution in [1.29, 1.82) is 0 Å². The number of hydrogen-bond donors (Lipinski definition) is 1. The summed E-state index contributed by atoms with van der Waals surface area (Å²) in [7, 11) is 3.96. The van der Waals surface area contributed by atoms with Gasteiger partial charge in [0.2, 0.25) is 0 Å². The van der Waals surface area contributed by atoms with Gasteiger partial charge in [0, 0.05) is 31.0 Å². The highest BCUT2D eigenvalue weighted by Crippen LogP contribution is 2.45. The SMILES string of the molecule is COCC(C)N(C)C1(CN)CSCCC1(C)C. The summed E-state index contributed by atoms with van der Waals surface area (Å²) < 4.78 is 5.28. The van der Waals surface area contributed by atoms with Crippen LogP contribution in [0.15, 0.2) is 0 Å². The van der Waals surface area contributed by atoms with Gasteiger partial charge in [-0.05, 0) is 31.6 Å². The highest BCUT2D eigenvalue weighted by atomic mass is 32.2. The minimum absolute atomic E-state index is 0.0911. The highest BCUT2D eigenvalue weighted by molar-refractivity contribution is 7.99. The molecule has 2 N–H and O–H groups in total. The standard InChI is InChI=1S/C13H28N2OS/c1-11(8-16-5)15(4)13(9-14)10-17-7-6-12(13,2)3/h11H,6-10,14H2,1-5H3. The lowest BCUT2D eigenvalue weighted by atomic mass is 9.69. The van der Waals surface area contributed by atoms with Gasteiger partial charge in [-0.3, -0.25) is 4.90 Å². The molecular weight excluding hydrogens is 232 g/mol. The molecule has 0 radical (unpaired) electrons. The van der Waals surface area contributed by atoms with Crippen molar-refractivity contribution in [1.82, 2.24) is 4.90 Å². The van der Waals surface area contributed by atoms with Crippen molar-refractivity contribution in [3.05, 3.63) is 0 Å². The minimum Gasteiger partial charge on any atom is -0.383 e. The minimum atomic E-state index is 0.0911. The zero-order chi connectivity index (χ0) is 13.1.